The smallest absolute Gasteiger partial charge is 0.170 e. The van der Waals surface area contributed by atoms with Gasteiger partial charge in [0, 0.05) is 11.4 Å². The lowest BCUT2D eigenvalue weighted by Gasteiger charge is -2.08. The van der Waals surface area contributed by atoms with E-state index in [0.29, 0.717) is 22.8 Å². The van der Waals surface area contributed by atoms with Gasteiger partial charge in [-0.25, -0.2) is 0 Å². The summed E-state index contributed by atoms with van der Waals surface area (Å²) in [5.74, 6) is 0.546. The normalized spacial score (nSPS) is 10.3. The van der Waals surface area contributed by atoms with Gasteiger partial charge >= 0.3 is 0 Å². The van der Waals surface area contributed by atoms with Crippen LogP contribution in [0, 0.1) is 6.92 Å². The first-order valence-electron chi connectivity index (χ1n) is 6.02. The minimum atomic E-state index is 0.0270. The molecule has 0 fully saturated rings. The van der Waals surface area contributed by atoms with Gasteiger partial charge in [0.15, 0.2) is 5.78 Å². The van der Waals surface area contributed by atoms with Crippen LogP contribution in [-0.2, 0) is 6.42 Å². The Morgan fingerprint density at radius 3 is 2.68 bits per heavy atom. The van der Waals surface area contributed by atoms with Crippen molar-refractivity contribution in [1.82, 2.24) is 0 Å². The Morgan fingerprint density at radius 1 is 1.21 bits per heavy atom. The predicted octanol–water partition coefficient (Wildman–Crippen LogP) is 4.08. The first kappa shape index (κ1) is 13.6. The van der Waals surface area contributed by atoms with Gasteiger partial charge in [0.2, 0.25) is 0 Å². The van der Waals surface area contributed by atoms with E-state index in [1.807, 2.05) is 31.2 Å². The molecule has 2 aromatic carbocycles. The molecular formula is C16H15ClO2. The van der Waals surface area contributed by atoms with E-state index in [4.69, 9.17) is 16.3 Å². The van der Waals surface area contributed by atoms with Crippen molar-refractivity contribution in [2.24, 2.45) is 0 Å². The Bertz CT molecular complexity index is 605. The molecule has 0 amide bonds. The number of ketones is 1. The van der Waals surface area contributed by atoms with Gasteiger partial charge < -0.3 is 4.74 Å². The molecule has 2 rings (SSSR count). The van der Waals surface area contributed by atoms with Crippen molar-refractivity contribution >= 4 is 17.4 Å². The maximum atomic E-state index is 12.3. The molecule has 19 heavy (non-hydrogen) atoms. The summed E-state index contributed by atoms with van der Waals surface area (Å²) in [6.07, 6.45) is 0.361. The highest BCUT2D eigenvalue weighted by molar-refractivity contribution is 6.30. The zero-order valence-corrected chi connectivity index (χ0v) is 11.7. The van der Waals surface area contributed by atoms with Gasteiger partial charge in [-0.05, 0) is 30.7 Å². The lowest BCUT2D eigenvalue weighted by Crippen LogP contribution is -2.06. The lowest BCUT2D eigenvalue weighted by atomic mass is 10.0. The van der Waals surface area contributed by atoms with E-state index in [2.05, 4.69) is 0 Å². The number of ether oxygens (including phenoxy) is 1. The third-order valence-corrected chi connectivity index (χ3v) is 3.15. The molecule has 2 nitrogen and oxygen atoms in total. The summed E-state index contributed by atoms with van der Waals surface area (Å²) in [5, 5.41) is 0.559. The van der Waals surface area contributed by atoms with Gasteiger partial charge in [-0.2, -0.15) is 0 Å². The summed E-state index contributed by atoms with van der Waals surface area (Å²) in [5.41, 5.74) is 2.71. The van der Waals surface area contributed by atoms with Crippen LogP contribution in [0.3, 0.4) is 0 Å². The van der Waals surface area contributed by atoms with Crippen LogP contribution in [0.4, 0.5) is 0 Å². The van der Waals surface area contributed by atoms with Crippen LogP contribution in [-0.4, -0.2) is 12.9 Å². The molecule has 3 heteroatoms. The maximum absolute atomic E-state index is 12.3. The van der Waals surface area contributed by atoms with Crippen LogP contribution >= 0.6 is 11.6 Å². The fourth-order valence-electron chi connectivity index (χ4n) is 2.00. The largest absolute Gasteiger partial charge is 0.496 e. The second-order valence-corrected chi connectivity index (χ2v) is 4.87. The summed E-state index contributed by atoms with van der Waals surface area (Å²) in [7, 11) is 1.54. The Balaban J connectivity index is 2.25. The second kappa shape index (κ2) is 5.89. The van der Waals surface area contributed by atoms with E-state index in [9.17, 15) is 4.79 Å². The Morgan fingerprint density at radius 2 is 2.00 bits per heavy atom. The van der Waals surface area contributed by atoms with Gasteiger partial charge in [-0.3, -0.25) is 4.79 Å². The van der Waals surface area contributed by atoms with E-state index in [1.165, 1.54) is 7.11 Å². The van der Waals surface area contributed by atoms with E-state index in [-0.39, 0.29) is 5.78 Å². The van der Waals surface area contributed by atoms with Crippen molar-refractivity contribution in [1.29, 1.82) is 0 Å². The van der Waals surface area contributed by atoms with Crippen molar-refractivity contribution in [3.63, 3.8) is 0 Å². The highest BCUT2D eigenvalue weighted by Gasteiger charge is 2.13. The molecule has 0 aliphatic carbocycles. The molecule has 0 heterocycles. The number of Topliss-reactive ketones (excluding diaryl/α,β-unsaturated/α-hetero) is 1. The number of aryl methyl sites for hydroxylation is 1. The zero-order valence-electron chi connectivity index (χ0n) is 10.9. The molecule has 0 unspecified atom stereocenters. The monoisotopic (exact) mass is 274 g/mol. The topological polar surface area (TPSA) is 26.3 Å². The molecule has 0 bridgehead atoms. The van der Waals surface area contributed by atoms with Crippen LogP contribution in [0.15, 0.2) is 42.5 Å². The van der Waals surface area contributed by atoms with Crippen LogP contribution in [0.2, 0.25) is 5.02 Å². The summed E-state index contributed by atoms with van der Waals surface area (Å²) < 4.78 is 5.20. The first-order valence-corrected chi connectivity index (χ1v) is 6.40. The first-order chi connectivity index (χ1) is 9.10. The maximum Gasteiger partial charge on any atom is 0.170 e. The Hall–Kier alpha value is -1.80. The Labute approximate surface area is 118 Å². The summed E-state index contributed by atoms with van der Waals surface area (Å²) in [6.45, 7) is 2.01. The predicted molar refractivity (Wildman–Crippen MR) is 77.2 cm³/mol. The minimum Gasteiger partial charge on any atom is -0.496 e. The third kappa shape index (κ3) is 3.36. The summed E-state index contributed by atoms with van der Waals surface area (Å²) in [4.78, 5) is 12.3. The molecule has 0 aromatic heterocycles. The standard InChI is InChI=1S/C16H15ClO2/c1-11-4-3-5-12(8-11)9-15(18)14-7-6-13(17)10-16(14)19-2/h3-8,10H,9H2,1-2H3. The number of rotatable bonds is 4. The summed E-state index contributed by atoms with van der Waals surface area (Å²) >= 11 is 5.89. The van der Waals surface area contributed by atoms with E-state index in [1.54, 1.807) is 18.2 Å². The molecule has 0 saturated carbocycles. The van der Waals surface area contributed by atoms with Crippen molar-refractivity contribution in [2.75, 3.05) is 7.11 Å². The number of carbonyl (C=O) groups excluding carboxylic acids is 1. The van der Waals surface area contributed by atoms with E-state index >= 15 is 0 Å². The molecule has 98 valence electrons. The van der Waals surface area contributed by atoms with Gasteiger partial charge in [0.1, 0.15) is 5.75 Å². The molecule has 0 aliphatic rings. The number of carbonyl (C=O) groups is 1. The van der Waals surface area contributed by atoms with Gasteiger partial charge in [0.25, 0.3) is 0 Å². The highest BCUT2D eigenvalue weighted by Crippen LogP contribution is 2.24. The molecular weight excluding hydrogens is 260 g/mol. The fourth-order valence-corrected chi connectivity index (χ4v) is 2.16. The van der Waals surface area contributed by atoms with E-state index < -0.39 is 0 Å². The van der Waals surface area contributed by atoms with Gasteiger partial charge in [-0.15, -0.1) is 0 Å². The summed E-state index contributed by atoms with van der Waals surface area (Å²) in [6, 6.07) is 13.0. The van der Waals surface area contributed by atoms with Crippen LogP contribution in [0.1, 0.15) is 21.5 Å². The van der Waals surface area contributed by atoms with Gasteiger partial charge in [-0.1, -0.05) is 41.4 Å². The van der Waals surface area contributed by atoms with E-state index in [0.717, 1.165) is 11.1 Å². The fraction of sp³-hybridized carbons (Fsp3) is 0.188. The molecule has 0 N–H and O–H groups in total. The number of hydrogen-bond acceptors (Lipinski definition) is 2. The van der Waals surface area contributed by atoms with Crippen molar-refractivity contribution in [3.8, 4) is 5.75 Å². The lowest BCUT2D eigenvalue weighted by molar-refractivity contribution is 0.0990. The highest BCUT2D eigenvalue weighted by atomic mass is 35.5. The van der Waals surface area contributed by atoms with Crippen LogP contribution < -0.4 is 4.74 Å². The Kier molecular flexibility index (Phi) is 4.23. The molecule has 0 saturated heterocycles. The number of halogens is 1. The molecule has 0 aliphatic heterocycles. The van der Waals surface area contributed by atoms with Gasteiger partial charge in [0.05, 0.1) is 12.7 Å². The average molecular weight is 275 g/mol. The molecule has 2 aromatic rings. The van der Waals surface area contributed by atoms with Crippen molar-refractivity contribution in [3.05, 3.63) is 64.2 Å². The number of methoxy groups -OCH3 is 1. The molecule has 0 radical (unpaired) electrons. The average Bonchev–Trinajstić information content (AvgIpc) is 2.38. The zero-order chi connectivity index (χ0) is 13.8. The second-order valence-electron chi connectivity index (χ2n) is 4.43. The quantitative estimate of drug-likeness (QED) is 0.785. The molecule has 0 spiro atoms. The number of benzene rings is 2. The minimum absolute atomic E-state index is 0.0270. The van der Waals surface area contributed by atoms with Crippen LogP contribution in [0.5, 0.6) is 5.75 Å². The van der Waals surface area contributed by atoms with Crippen molar-refractivity contribution < 1.29 is 9.53 Å². The van der Waals surface area contributed by atoms with Crippen LogP contribution in [0.25, 0.3) is 0 Å². The number of hydrogen-bond donors (Lipinski definition) is 0. The molecule has 0 atom stereocenters. The third-order valence-electron chi connectivity index (χ3n) is 2.91. The SMILES string of the molecule is COc1cc(Cl)ccc1C(=O)Cc1cccc(C)c1. The van der Waals surface area contributed by atoms with Crippen molar-refractivity contribution in [2.45, 2.75) is 13.3 Å².